The van der Waals surface area contributed by atoms with Gasteiger partial charge in [-0.05, 0) is 6.07 Å². The van der Waals surface area contributed by atoms with Crippen molar-refractivity contribution in [2.24, 2.45) is 0 Å². The maximum Gasteiger partial charge on any atom is 0.318 e. The first-order valence-electron chi connectivity index (χ1n) is 12.5. The van der Waals surface area contributed by atoms with E-state index >= 15 is 4.39 Å². The smallest absolute Gasteiger partial charge is 0.318 e. The maximum atomic E-state index is 16.1. The fraction of sp³-hybridized carbons (Fsp3) is 0.214. The number of pyridine rings is 1. The lowest BCUT2D eigenvalue weighted by molar-refractivity contribution is -0.131. The molecule has 1 aliphatic heterocycles. The Bertz CT molecular complexity index is 1830. The maximum absolute atomic E-state index is 16.1. The van der Waals surface area contributed by atoms with Crippen molar-refractivity contribution >= 4 is 61.5 Å². The van der Waals surface area contributed by atoms with Gasteiger partial charge in [0.15, 0.2) is 11.6 Å². The van der Waals surface area contributed by atoms with Gasteiger partial charge in [0.25, 0.3) is 5.91 Å². The van der Waals surface area contributed by atoms with E-state index < -0.39 is 23.6 Å². The minimum absolute atomic E-state index is 0.0328. The molecule has 5 aromatic rings. The van der Waals surface area contributed by atoms with Crippen LogP contribution in [0.15, 0.2) is 53.2 Å². The highest BCUT2D eigenvalue weighted by Gasteiger charge is 2.34. The lowest BCUT2D eigenvalue weighted by atomic mass is 10.1. The number of nitriles is 1. The first kappa shape index (κ1) is 26.7. The molecule has 0 aliphatic carbocycles. The first-order chi connectivity index (χ1) is 20.0. The average molecular weight is 590 g/mol. The van der Waals surface area contributed by atoms with Crippen molar-refractivity contribution in [1.29, 1.82) is 5.26 Å². The summed E-state index contributed by atoms with van der Waals surface area (Å²) in [6, 6.07) is 9.12. The number of thiazole rings is 1. The van der Waals surface area contributed by atoms with Gasteiger partial charge in [0.05, 0.1) is 31.0 Å². The fourth-order valence-electron chi connectivity index (χ4n) is 4.91. The Morgan fingerprint density at radius 1 is 1.22 bits per heavy atom. The SMILES string of the molecule is COc1nc(N2CCN(C(=O)/C(F)=C/c3nccs3)C(CC#N)C2)c2cnc(-c3csc4ccccc34)c(F)c2n1. The molecule has 5 heterocycles. The number of thiophene rings is 1. The molecule has 4 aromatic heterocycles. The van der Waals surface area contributed by atoms with Crippen LogP contribution in [0.4, 0.5) is 14.6 Å². The Morgan fingerprint density at radius 2 is 2.07 bits per heavy atom. The Morgan fingerprint density at radius 3 is 2.85 bits per heavy atom. The molecule has 1 saturated heterocycles. The summed E-state index contributed by atoms with van der Waals surface area (Å²) >= 11 is 2.71. The zero-order chi connectivity index (χ0) is 28.5. The molecule has 9 nitrogen and oxygen atoms in total. The van der Waals surface area contributed by atoms with Crippen molar-refractivity contribution in [1.82, 2.24) is 24.8 Å². The molecule has 206 valence electrons. The molecule has 0 radical (unpaired) electrons. The summed E-state index contributed by atoms with van der Waals surface area (Å²) in [5.74, 6) is -2.02. The highest BCUT2D eigenvalue weighted by molar-refractivity contribution is 7.17. The van der Waals surface area contributed by atoms with Gasteiger partial charge in [-0.15, -0.1) is 22.7 Å². The molecule has 41 heavy (non-hydrogen) atoms. The van der Waals surface area contributed by atoms with E-state index in [-0.39, 0.29) is 43.3 Å². The number of hydrogen-bond acceptors (Lipinski definition) is 10. The summed E-state index contributed by atoms with van der Waals surface area (Å²) in [5.41, 5.74) is 0.875. The molecular weight excluding hydrogens is 568 g/mol. The topological polar surface area (TPSA) is 108 Å². The summed E-state index contributed by atoms with van der Waals surface area (Å²) < 4.78 is 37.2. The Labute approximate surface area is 241 Å². The van der Waals surface area contributed by atoms with E-state index in [2.05, 4.69) is 26.0 Å². The quantitative estimate of drug-likeness (QED) is 0.241. The minimum atomic E-state index is -0.953. The number of carbonyl (C=O) groups excluding carboxylic acids is 1. The van der Waals surface area contributed by atoms with Gasteiger partial charge in [-0.25, -0.2) is 13.8 Å². The second-order valence-corrected chi connectivity index (χ2v) is 11.0. The molecule has 13 heteroatoms. The number of piperazine rings is 1. The minimum Gasteiger partial charge on any atom is -0.467 e. The lowest BCUT2D eigenvalue weighted by Gasteiger charge is -2.41. The van der Waals surface area contributed by atoms with Gasteiger partial charge in [0.2, 0.25) is 0 Å². The molecule has 6 rings (SSSR count). The normalized spacial score (nSPS) is 15.9. The van der Waals surface area contributed by atoms with Crippen molar-refractivity contribution in [2.45, 2.75) is 12.5 Å². The van der Waals surface area contributed by atoms with Crippen molar-refractivity contribution in [3.63, 3.8) is 0 Å². The number of aromatic nitrogens is 4. The number of fused-ring (bicyclic) bond motifs is 2. The Balaban J connectivity index is 1.36. The van der Waals surface area contributed by atoms with Crippen LogP contribution < -0.4 is 9.64 Å². The summed E-state index contributed by atoms with van der Waals surface area (Å²) in [6.07, 6.45) is 4.11. The lowest BCUT2D eigenvalue weighted by Crippen LogP contribution is -2.55. The van der Waals surface area contributed by atoms with Crippen molar-refractivity contribution in [3.8, 4) is 23.3 Å². The molecule has 1 aliphatic rings. The average Bonchev–Trinajstić information content (AvgIpc) is 3.67. The second-order valence-electron chi connectivity index (χ2n) is 9.19. The molecule has 0 N–H and O–H groups in total. The molecule has 0 saturated carbocycles. The monoisotopic (exact) mass is 589 g/mol. The number of anilines is 1. The van der Waals surface area contributed by atoms with E-state index in [4.69, 9.17) is 4.74 Å². The van der Waals surface area contributed by atoms with Gasteiger partial charge < -0.3 is 14.5 Å². The van der Waals surface area contributed by atoms with E-state index in [1.165, 1.54) is 47.1 Å². The number of carbonyl (C=O) groups is 1. The fourth-order valence-corrected chi connectivity index (χ4v) is 6.41. The van der Waals surface area contributed by atoms with E-state index in [9.17, 15) is 14.4 Å². The molecule has 1 unspecified atom stereocenters. The number of amides is 1. The van der Waals surface area contributed by atoms with Crippen LogP contribution in [0, 0.1) is 17.1 Å². The summed E-state index contributed by atoms with van der Waals surface area (Å²) in [5, 5.41) is 14.7. The van der Waals surface area contributed by atoms with Crippen molar-refractivity contribution < 1.29 is 18.3 Å². The zero-order valence-corrected chi connectivity index (χ0v) is 23.3. The summed E-state index contributed by atoms with van der Waals surface area (Å²) in [7, 11) is 1.39. The molecule has 0 bridgehead atoms. The van der Waals surface area contributed by atoms with Crippen LogP contribution in [-0.2, 0) is 4.79 Å². The number of halogens is 2. The van der Waals surface area contributed by atoms with E-state index in [0.29, 0.717) is 21.8 Å². The highest BCUT2D eigenvalue weighted by Crippen LogP contribution is 2.37. The van der Waals surface area contributed by atoms with Gasteiger partial charge in [-0.2, -0.15) is 15.2 Å². The third kappa shape index (κ3) is 4.96. The summed E-state index contributed by atoms with van der Waals surface area (Å²) in [6.45, 7) is 0.538. The largest absolute Gasteiger partial charge is 0.467 e. The van der Waals surface area contributed by atoms with Crippen LogP contribution in [0.25, 0.3) is 38.3 Å². The van der Waals surface area contributed by atoms with Crippen LogP contribution >= 0.6 is 22.7 Å². The van der Waals surface area contributed by atoms with Crippen molar-refractivity contribution in [3.05, 3.63) is 64.1 Å². The van der Waals surface area contributed by atoms with Gasteiger partial charge >= 0.3 is 6.01 Å². The van der Waals surface area contributed by atoms with Gasteiger partial charge in [-0.3, -0.25) is 9.78 Å². The third-order valence-corrected chi connectivity index (χ3v) is 8.52. The van der Waals surface area contributed by atoms with Crippen LogP contribution in [0.5, 0.6) is 6.01 Å². The van der Waals surface area contributed by atoms with E-state index in [1.807, 2.05) is 34.5 Å². The molecule has 1 fully saturated rings. The number of ether oxygens (including phenoxy) is 1. The first-order valence-corrected chi connectivity index (χ1v) is 14.3. The molecule has 1 atom stereocenters. The van der Waals surface area contributed by atoms with Crippen LogP contribution in [-0.4, -0.2) is 63.5 Å². The number of benzene rings is 1. The van der Waals surface area contributed by atoms with Gasteiger partial charge in [0.1, 0.15) is 22.0 Å². The standard InChI is InChI=1S/C28H21F2N7O2S2/c1-39-28-34-25-18(13-33-24(23(25)30)19-15-41-21-5-3-2-4-17(19)21)26(35-28)36-9-10-37(16(14-36)6-7-31)27(38)20(29)12-22-32-8-11-40-22/h2-5,8,11-13,15-16H,6,9-10,14H2,1H3/b20-12-. The van der Waals surface area contributed by atoms with Crippen molar-refractivity contribution in [2.75, 3.05) is 31.6 Å². The highest BCUT2D eigenvalue weighted by atomic mass is 32.1. The molecule has 0 spiro atoms. The number of hydrogen-bond donors (Lipinski definition) is 0. The number of nitrogens with zero attached hydrogens (tertiary/aromatic N) is 7. The van der Waals surface area contributed by atoms with Crippen LogP contribution in [0.2, 0.25) is 0 Å². The molecular formula is C28H21F2N7O2S2. The predicted molar refractivity (Wildman–Crippen MR) is 154 cm³/mol. The van der Waals surface area contributed by atoms with Crippen LogP contribution in [0.1, 0.15) is 11.4 Å². The Hall–Kier alpha value is -4.54. The van der Waals surface area contributed by atoms with Gasteiger partial charge in [-0.1, -0.05) is 18.2 Å². The zero-order valence-electron chi connectivity index (χ0n) is 21.6. The predicted octanol–water partition coefficient (Wildman–Crippen LogP) is 5.45. The molecule has 1 amide bonds. The molecule has 1 aromatic carbocycles. The van der Waals surface area contributed by atoms with Gasteiger partial charge in [0, 0.05) is 64.5 Å². The number of rotatable bonds is 6. The van der Waals surface area contributed by atoms with E-state index in [1.54, 1.807) is 5.38 Å². The summed E-state index contributed by atoms with van der Waals surface area (Å²) in [4.78, 5) is 33.4. The third-order valence-electron chi connectivity index (χ3n) is 6.84. The Kier molecular flexibility index (Phi) is 7.25. The second kappa shape index (κ2) is 11.1. The number of methoxy groups -OCH3 is 1. The van der Waals surface area contributed by atoms with Crippen LogP contribution in [0.3, 0.4) is 0 Å². The van der Waals surface area contributed by atoms with E-state index in [0.717, 1.165) is 16.2 Å².